The molecule has 0 atom stereocenters. The minimum Gasteiger partial charge on any atom is -0.477 e. The van der Waals surface area contributed by atoms with Crippen LogP contribution >= 0.6 is 34.7 Å². The smallest absolute Gasteiger partial charge is 0.347 e. The van der Waals surface area contributed by atoms with Crippen LogP contribution in [0.4, 0.5) is 0 Å². The molecule has 1 N–H and O–H groups in total. The molecule has 0 aliphatic carbocycles. The third-order valence-electron chi connectivity index (χ3n) is 1.77. The summed E-state index contributed by atoms with van der Waals surface area (Å²) in [5, 5.41) is 17.4. The van der Waals surface area contributed by atoms with Crippen molar-refractivity contribution in [2.75, 3.05) is 0 Å². The Labute approximate surface area is 110 Å². The Morgan fingerprint density at radius 3 is 2.76 bits per heavy atom. The number of aromatic carboxylic acids is 1. The van der Waals surface area contributed by atoms with Gasteiger partial charge < -0.3 is 5.11 Å². The lowest BCUT2D eigenvalue weighted by molar-refractivity contribution is 0.0701. The fourth-order valence-electron chi connectivity index (χ4n) is 1.06. The Hall–Kier alpha value is -1.18. The summed E-state index contributed by atoms with van der Waals surface area (Å²) < 4.78 is 0.622. The van der Waals surface area contributed by atoms with Crippen molar-refractivity contribution < 1.29 is 9.90 Å². The number of nitrogens with zero attached hydrogens (tertiary/aromatic N) is 3. The Balaban J connectivity index is 2.22. The number of thiazole rings is 1. The minimum atomic E-state index is -0.964. The molecule has 0 amide bonds. The normalized spacial score (nSPS) is 10.5. The summed E-state index contributed by atoms with van der Waals surface area (Å²) in [5.74, 6) is -0.964. The van der Waals surface area contributed by atoms with Crippen molar-refractivity contribution in [3.63, 3.8) is 0 Å². The fraction of sp³-hybridized carbons (Fsp3) is 0.111. The van der Waals surface area contributed by atoms with Crippen LogP contribution in [0.15, 0.2) is 21.5 Å². The fourth-order valence-corrected chi connectivity index (χ4v) is 3.05. The van der Waals surface area contributed by atoms with Gasteiger partial charge in [-0.2, -0.15) is 0 Å². The number of hydrogen-bond donors (Lipinski definition) is 1. The summed E-state index contributed by atoms with van der Waals surface area (Å²) in [6.07, 6.45) is 0. The maximum Gasteiger partial charge on any atom is 0.347 e. The molecule has 5 nitrogen and oxygen atoms in total. The van der Waals surface area contributed by atoms with Crippen molar-refractivity contribution in [3.05, 3.63) is 27.9 Å². The molecular weight excluding hydrogens is 282 g/mol. The van der Waals surface area contributed by atoms with Crippen molar-refractivity contribution in [3.8, 4) is 0 Å². The van der Waals surface area contributed by atoms with Gasteiger partial charge in [-0.3, -0.25) is 0 Å². The second-order valence-corrected chi connectivity index (χ2v) is 5.65. The molecule has 2 heterocycles. The van der Waals surface area contributed by atoms with Gasteiger partial charge in [-0.25, -0.2) is 9.78 Å². The number of hydrogen-bond acceptors (Lipinski definition) is 6. The highest BCUT2D eigenvalue weighted by molar-refractivity contribution is 8.01. The lowest BCUT2D eigenvalue weighted by Crippen LogP contribution is -1.94. The monoisotopic (exact) mass is 287 g/mol. The molecule has 0 aliphatic rings. The van der Waals surface area contributed by atoms with Crippen LogP contribution in [0.3, 0.4) is 0 Å². The summed E-state index contributed by atoms with van der Waals surface area (Å²) in [4.78, 5) is 15.2. The van der Waals surface area contributed by atoms with Crippen LogP contribution in [0.25, 0.3) is 0 Å². The zero-order valence-electron chi connectivity index (χ0n) is 8.55. The highest BCUT2D eigenvalue weighted by atomic mass is 35.5. The molecule has 0 unspecified atom stereocenters. The first kappa shape index (κ1) is 12.3. The number of rotatable bonds is 3. The first-order valence-electron chi connectivity index (χ1n) is 4.44. The Kier molecular flexibility index (Phi) is 3.60. The van der Waals surface area contributed by atoms with E-state index in [9.17, 15) is 4.79 Å². The van der Waals surface area contributed by atoms with Gasteiger partial charge in [-0.05, 0) is 30.8 Å². The predicted octanol–water partition coefficient (Wildman–Crippen LogP) is 2.74. The second-order valence-electron chi connectivity index (χ2n) is 3.00. The molecule has 2 aromatic heterocycles. The molecule has 0 saturated carbocycles. The molecule has 0 aromatic carbocycles. The van der Waals surface area contributed by atoms with E-state index in [1.54, 1.807) is 19.1 Å². The lowest BCUT2D eigenvalue weighted by Gasteiger charge is -1.94. The number of aryl methyl sites for hydroxylation is 1. The number of carbonyl (C=O) groups is 1. The van der Waals surface area contributed by atoms with Crippen molar-refractivity contribution in [2.45, 2.75) is 16.3 Å². The van der Waals surface area contributed by atoms with Crippen LogP contribution in [0.1, 0.15) is 15.4 Å². The number of aromatic nitrogens is 3. The molecule has 0 aliphatic heterocycles. The van der Waals surface area contributed by atoms with E-state index in [4.69, 9.17) is 16.7 Å². The molecule has 0 saturated heterocycles. The van der Waals surface area contributed by atoms with Gasteiger partial charge in [0, 0.05) is 0 Å². The van der Waals surface area contributed by atoms with Crippen LogP contribution in [-0.2, 0) is 0 Å². The molecule has 17 heavy (non-hydrogen) atoms. The average molecular weight is 288 g/mol. The first-order chi connectivity index (χ1) is 8.06. The molecule has 2 rings (SSSR count). The molecule has 2 aromatic rings. The zero-order valence-corrected chi connectivity index (χ0v) is 10.9. The summed E-state index contributed by atoms with van der Waals surface area (Å²) in [7, 11) is 0. The highest BCUT2D eigenvalue weighted by Gasteiger charge is 2.15. The van der Waals surface area contributed by atoms with E-state index in [0.717, 1.165) is 11.3 Å². The quantitative estimate of drug-likeness (QED) is 0.935. The Morgan fingerprint density at radius 1 is 1.47 bits per heavy atom. The second kappa shape index (κ2) is 4.99. The highest BCUT2D eigenvalue weighted by Crippen LogP contribution is 2.31. The van der Waals surface area contributed by atoms with Crippen molar-refractivity contribution in [1.82, 2.24) is 15.2 Å². The summed E-state index contributed by atoms with van der Waals surface area (Å²) in [6.45, 7) is 1.66. The van der Waals surface area contributed by atoms with E-state index in [2.05, 4.69) is 15.2 Å². The predicted molar refractivity (Wildman–Crippen MR) is 65.0 cm³/mol. The molecule has 88 valence electrons. The van der Waals surface area contributed by atoms with Gasteiger partial charge in [0.25, 0.3) is 0 Å². The van der Waals surface area contributed by atoms with Gasteiger partial charge in [0.2, 0.25) is 0 Å². The topological polar surface area (TPSA) is 76.0 Å². The minimum absolute atomic E-state index is 0.245. The average Bonchev–Trinajstić information content (AvgIpc) is 2.63. The maximum atomic E-state index is 10.8. The van der Waals surface area contributed by atoms with Crippen molar-refractivity contribution in [2.24, 2.45) is 0 Å². The van der Waals surface area contributed by atoms with Gasteiger partial charge in [0.15, 0.2) is 9.49 Å². The van der Waals surface area contributed by atoms with E-state index in [-0.39, 0.29) is 4.88 Å². The van der Waals surface area contributed by atoms with E-state index >= 15 is 0 Å². The zero-order chi connectivity index (χ0) is 12.4. The van der Waals surface area contributed by atoms with Crippen LogP contribution in [-0.4, -0.2) is 26.3 Å². The summed E-state index contributed by atoms with van der Waals surface area (Å²) in [6, 6.07) is 3.33. The van der Waals surface area contributed by atoms with Crippen LogP contribution in [0.2, 0.25) is 5.15 Å². The standard InChI is InChI=1S/C9H6ClN3O2S2/c1-4-7(8(14)15)17-9(11-4)16-6-3-2-5(10)12-13-6/h2-3H,1H3,(H,14,15). The van der Waals surface area contributed by atoms with Crippen LogP contribution in [0, 0.1) is 6.92 Å². The number of carboxylic acid groups (broad SMARTS) is 1. The van der Waals surface area contributed by atoms with E-state index in [1.165, 1.54) is 11.8 Å². The Bertz CT molecular complexity index is 556. The number of carboxylic acids is 1. The van der Waals surface area contributed by atoms with Gasteiger partial charge in [-0.15, -0.1) is 10.2 Å². The van der Waals surface area contributed by atoms with Gasteiger partial charge >= 0.3 is 5.97 Å². The number of halogens is 1. The maximum absolute atomic E-state index is 10.8. The van der Waals surface area contributed by atoms with Crippen molar-refractivity contribution in [1.29, 1.82) is 0 Å². The van der Waals surface area contributed by atoms with Crippen LogP contribution < -0.4 is 0 Å². The molecule has 0 radical (unpaired) electrons. The first-order valence-corrected chi connectivity index (χ1v) is 6.45. The lowest BCUT2D eigenvalue weighted by atomic mass is 10.4. The van der Waals surface area contributed by atoms with Crippen LogP contribution in [0.5, 0.6) is 0 Å². The van der Waals surface area contributed by atoms with E-state index in [0.29, 0.717) is 20.2 Å². The third-order valence-corrected chi connectivity index (χ3v) is 4.11. The van der Waals surface area contributed by atoms with Gasteiger partial charge in [0.1, 0.15) is 9.90 Å². The summed E-state index contributed by atoms with van der Waals surface area (Å²) >= 11 is 7.99. The molecule has 8 heteroatoms. The SMILES string of the molecule is Cc1nc(Sc2ccc(Cl)nn2)sc1C(=O)O. The third kappa shape index (κ3) is 2.93. The van der Waals surface area contributed by atoms with E-state index < -0.39 is 5.97 Å². The van der Waals surface area contributed by atoms with E-state index in [1.807, 2.05) is 0 Å². The molecular formula is C9H6ClN3O2S2. The largest absolute Gasteiger partial charge is 0.477 e. The Morgan fingerprint density at radius 2 is 2.24 bits per heavy atom. The van der Waals surface area contributed by atoms with Gasteiger partial charge in [0.05, 0.1) is 5.69 Å². The van der Waals surface area contributed by atoms with Crippen molar-refractivity contribution >= 4 is 40.7 Å². The summed E-state index contributed by atoms with van der Waals surface area (Å²) in [5.41, 5.74) is 0.506. The molecule has 0 spiro atoms. The molecule has 0 bridgehead atoms. The molecule has 0 fully saturated rings. The van der Waals surface area contributed by atoms with Gasteiger partial charge in [-0.1, -0.05) is 22.9 Å².